The molecule has 0 atom stereocenters. The molecule has 1 heterocycles. The molecule has 0 N–H and O–H groups in total. The van der Waals surface area contributed by atoms with E-state index in [1.165, 1.54) is 0 Å². The van der Waals surface area contributed by atoms with Crippen LogP contribution in [0, 0.1) is 5.92 Å². The second-order valence-corrected chi connectivity index (χ2v) is 5.16. The zero-order valence-corrected chi connectivity index (χ0v) is 11.1. The lowest BCUT2D eigenvalue weighted by Crippen LogP contribution is -2.09. The molecule has 0 fully saturated rings. The van der Waals surface area contributed by atoms with Crippen LogP contribution in [0.4, 0.5) is 0 Å². The topological polar surface area (TPSA) is 22.0 Å². The number of hydrogen-bond acceptors (Lipinski definition) is 1. The number of nitrogens with zero attached hydrogens (tertiary/aromatic N) is 1. The minimum atomic E-state index is 0.0811. The fourth-order valence-electron chi connectivity index (χ4n) is 1.97. The van der Waals surface area contributed by atoms with Gasteiger partial charge in [-0.3, -0.25) is 4.79 Å². The van der Waals surface area contributed by atoms with Crippen molar-refractivity contribution < 1.29 is 4.79 Å². The van der Waals surface area contributed by atoms with Crippen LogP contribution in [0.3, 0.4) is 0 Å². The minimum Gasteiger partial charge on any atom is -0.350 e. The quantitative estimate of drug-likeness (QED) is 0.815. The summed E-state index contributed by atoms with van der Waals surface area (Å²) in [5.41, 5.74) is 2.15. The fraction of sp³-hybridized carbons (Fsp3) is 0.357. The smallest absolute Gasteiger partial charge is 0.139 e. The highest BCUT2D eigenvalue weighted by Crippen LogP contribution is 2.25. The predicted octanol–water partition coefficient (Wildman–Crippen LogP) is 3.60. The summed E-state index contributed by atoms with van der Waals surface area (Å²) in [6, 6.07) is 5.79. The van der Waals surface area contributed by atoms with Gasteiger partial charge in [0.05, 0.1) is 0 Å². The number of hydrogen-bond donors (Lipinski definition) is 0. The number of aryl methyl sites for hydroxylation is 1. The molecule has 2 nitrogen and oxygen atoms in total. The number of carbonyl (C=O) groups excluding carboxylic acids is 1. The van der Waals surface area contributed by atoms with E-state index in [0.717, 1.165) is 21.5 Å². The van der Waals surface area contributed by atoms with E-state index in [2.05, 4.69) is 0 Å². The van der Waals surface area contributed by atoms with Gasteiger partial charge in [0.25, 0.3) is 0 Å². The normalized spacial score (nSPS) is 11.4. The Morgan fingerprint density at radius 3 is 2.76 bits per heavy atom. The van der Waals surface area contributed by atoms with Crippen LogP contribution in [-0.4, -0.2) is 10.4 Å². The van der Waals surface area contributed by atoms with Crippen molar-refractivity contribution in [1.29, 1.82) is 0 Å². The van der Waals surface area contributed by atoms with E-state index in [1.807, 2.05) is 49.9 Å². The maximum atomic E-state index is 11.8. The first-order valence-corrected chi connectivity index (χ1v) is 6.13. The van der Waals surface area contributed by atoms with Crippen LogP contribution in [-0.2, 0) is 18.3 Å². The number of halogens is 1. The Labute approximate surface area is 106 Å². The van der Waals surface area contributed by atoms with E-state index in [4.69, 9.17) is 11.6 Å². The molecule has 0 spiro atoms. The van der Waals surface area contributed by atoms with Gasteiger partial charge in [-0.05, 0) is 17.7 Å². The minimum absolute atomic E-state index is 0.0811. The van der Waals surface area contributed by atoms with Crippen LogP contribution in [0.25, 0.3) is 10.9 Å². The van der Waals surface area contributed by atoms with E-state index in [1.54, 1.807) is 0 Å². The summed E-state index contributed by atoms with van der Waals surface area (Å²) >= 11 is 5.98. The van der Waals surface area contributed by atoms with Crippen LogP contribution in [0.15, 0.2) is 24.4 Å². The number of aromatic nitrogens is 1. The lowest BCUT2D eigenvalue weighted by molar-refractivity contribution is -0.121. The Hall–Kier alpha value is -1.28. The standard InChI is InChI=1S/C14H16ClNO/c1-9(2)14(17)6-10-8-16(3)13-7-11(15)4-5-12(10)13/h4-5,7-9H,6H2,1-3H3. The Morgan fingerprint density at radius 2 is 2.12 bits per heavy atom. The molecule has 1 aromatic carbocycles. The maximum absolute atomic E-state index is 11.8. The largest absolute Gasteiger partial charge is 0.350 e. The Balaban J connectivity index is 2.45. The van der Waals surface area contributed by atoms with Crippen molar-refractivity contribution in [1.82, 2.24) is 4.57 Å². The molecule has 90 valence electrons. The summed E-state index contributed by atoms with van der Waals surface area (Å²) in [4.78, 5) is 11.8. The molecule has 0 amide bonds. The molecule has 17 heavy (non-hydrogen) atoms. The third kappa shape index (κ3) is 2.37. The van der Waals surface area contributed by atoms with E-state index in [9.17, 15) is 4.79 Å². The number of Topliss-reactive ketones (excluding diaryl/α,β-unsaturated/α-hetero) is 1. The van der Waals surface area contributed by atoms with Gasteiger partial charge in [0.2, 0.25) is 0 Å². The van der Waals surface area contributed by atoms with Gasteiger partial charge in [0.1, 0.15) is 5.78 Å². The van der Waals surface area contributed by atoms with Gasteiger partial charge < -0.3 is 4.57 Å². The number of fused-ring (bicyclic) bond motifs is 1. The van der Waals surface area contributed by atoms with Crippen molar-refractivity contribution in [2.45, 2.75) is 20.3 Å². The van der Waals surface area contributed by atoms with Crippen molar-refractivity contribution in [2.75, 3.05) is 0 Å². The SMILES string of the molecule is CC(C)C(=O)Cc1cn(C)c2cc(Cl)ccc12. The molecular weight excluding hydrogens is 234 g/mol. The average molecular weight is 250 g/mol. The second-order valence-electron chi connectivity index (χ2n) is 4.72. The number of rotatable bonds is 3. The highest BCUT2D eigenvalue weighted by atomic mass is 35.5. The summed E-state index contributed by atoms with van der Waals surface area (Å²) in [6.07, 6.45) is 2.51. The average Bonchev–Trinajstić information content (AvgIpc) is 2.55. The summed E-state index contributed by atoms with van der Waals surface area (Å²) in [5, 5.41) is 1.84. The van der Waals surface area contributed by atoms with Gasteiger partial charge in [-0.2, -0.15) is 0 Å². The number of benzene rings is 1. The van der Waals surface area contributed by atoms with Gasteiger partial charge >= 0.3 is 0 Å². The lowest BCUT2D eigenvalue weighted by Gasteiger charge is -2.02. The molecule has 0 bridgehead atoms. The Bertz CT molecular complexity index is 569. The van der Waals surface area contributed by atoms with Gasteiger partial charge in [-0.25, -0.2) is 0 Å². The third-order valence-electron chi connectivity index (χ3n) is 3.04. The first-order chi connectivity index (χ1) is 7.99. The number of carbonyl (C=O) groups is 1. The predicted molar refractivity (Wildman–Crippen MR) is 71.5 cm³/mol. The molecule has 0 unspecified atom stereocenters. The summed E-state index contributed by atoms with van der Waals surface area (Å²) in [5.74, 6) is 0.352. The Morgan fingerprint density at radius 1 is 1.41 bits per heavy atom. The zero-order chi connectivity index (χ0) is 12.6. The monoisotopic (exact) mass is 249 g/mol. The molecule has 0 aliphatic rings. The van der Waals surface area contributed by atoms with E-state index >= 15 is 0 Å². The third-order valence-corrected chi connectivity index (χ3v) is 3.28. The van der Waals surface area contributed by atoms with Crippen molar-refractivity contribution in [2.24, 2.45) is 13.0 Å². The van der Waals surface area contributed by atoms with Gasteiger partial charge in [0, 0.05) is 41.5 Å². The summed E-state index contributed by atoms with van der Waals surface area (Å²) < 4.78 is 2.02. The van der Waals surface area contributed by atoms with Crippen molar-refractivity contribution in [3.8, 4) is 0 Å². The van der Waals surface area contributed by atoms with Crippen LogP contribution in [0.1, 0.15) is 19.4 Å². The molecule has 0 aliphatic carbocycles. The van der Waals surface area contributed by atoms with Crippen LogP contribution in [0.5, 0.6) is 0 Å². The van der Waals surface area contributed by atoms with Crippen molar-refractivity contribution in [3.05, 3.63) is 35.0 Å². The molecular formula is C14H16ClNO. The zero-order valence-electron chi connectivity index (χ0n) is 10.3. The maximum Gasteiger partial charge on any atom is 0.139 e. The lowest BCUT2D eigenvalue weighted by atomic mass is 10.0. The highest BCUT2D eigenvalue weighted by Gasteiger charge is 2.13. The van der Waals surface area contributed by atoms with E-state index < -0.39 is 0 Å². The molecule has 0 radical (unpaired) electrons. The Kier molecular flexibility index (Phi) is 3.25. The van der Waals surface area contributed by atoms with Crippen molar-refractivity contribution >= 4 is 28.3 Å². The van der Waals surface area contributed by atoms with Gasteiger partial charge in [-0.15, -0.1) is 0 Å². The van der Waals surface area contributed by atoms with Crippen LogP contribution in [0.2, 0.25) is 5.02 Å². The molecule has 0 saturated heterocycles. The van der Waals surface area contributed by atoms with Crippen LogP contribution >= 0.6 is 11.6 Å². The first-order valence-electron chi connectivity index (χ1n) is 5.75. The van der Waals surface area contributed by atoms with E-state index in [-0.39, 0.29) is 11.7 Å². The first kappa shape index (κ1) is 12.2. The highest BCUT2D eigenvalue weighted by molar-refractivity contribution is 6.31. The van der Waals surface area contributed by atoms with Crippen molar-refractivity contribution in [3.63, 3.8) is 0 Å². The molecule has 0 saturated carbocycles. The van der Waals surface area contributed by atoms with Crippen LogP contribution < -0.4 is 0 Å². The molecule has 3 heteroatoms. The summed E-state index contributed by atoms with van der Waals surface area (Å²) in [6.45, 7) is 3.87. The molecule has 1 aromatic heterocycles. The van der Waals surface area contributed by atoms with Gasteiger partial charge in [0.15, 0.2) is 0 Å². The molecule has 0 aliphatic heterocycles. The molecule has 2 rings (SSSR count). The summed E-state index contributed by atoms with van der Waals surface area (Å²) in [7, 11) is 1.97. The van der Waals surface area contributed by atoms with Gasteiger partial charge in [-0.1, -0.05) is 31.5 Å². The molecule has 2 aromatic rings. The number of ketones is 1. The van der Waals surface area contributed by atoms with E-state index in [0.29, 0.717) is 6.42 Å². The fourth-order valence-corrected chi connectivity index (χ4v) is 2.14. The second kappa shape index (κ2) is 4.53.